The van der Waals surface area contributed by atoms with Gasteiger partial charge < -0.3 is 14.2 Å². The summed E-state index contributed by atoms with van der Waals surface area (Å²) in [5.74, 6) is 0.754. The molecule has 2 heterocycles. The molecule has 27 heavy (non-hydrogen) atoms. The van der Waals surface area contributed by atoms with E-state index < -0.39 is 15.8 Å². The second kappa shape index (κ2) is 7.36. The molecule has 2 aromatic carbocycles. The molecule has 0 spiro atoms. The molecule has 1 atom stereocenters. The number of para-hydroxylation sites is 1. The Balaban J connectivity index is 1.45. The largest absolute Gasteiger partial charge is 0.490 e. The van der Waals surface area contributed by atoms with Gasteiger partial charge in [0.25, 0.3) is 0 Å². The van der Waals surface area contributed by atoms with E-state index in [2.05, 4.69) is 0 Å². The molecule has 0 amide bonds. The zero-order chi connectivity index (χ0) is 18.9. The van der Waals surface area contributed by atoms with Crippen molar-refractivity contribution < 1.29 is 27.0 Å². The molecule has 8 heteroatoms. The van der Waals surface area contributed by atoms with Crippen molar-refractivity contribution in [1.82, 2.24) is 4.31 Å². The van der Waals surface area contributed by atoms with Crippen LogP contribution in [0.5, 0.6) is 17.2 Å². The lowest BCUT2D eigenvalue weighted by atomic mass is 10.0. The molecule has 2 aliphatic heterocycles. The van der Waals surface area contributed by atoms with Crippen LogP contribution in [0.4, 0.5) is 4.39 Å². The van der Waals surface area contributed by atoms with Gasteiger partial charge in [-0.3, -0.25) is 0 Å². The number of piperidine rings is 1. The van der Waals surface area contributed by atoms with E-state index >= 15 is 0 Å². The van der Waals surface area contributed by atoms with Crippen LogP contribution in [0.25, 0.3) is 0 Å². The summed E-state index contributed by atoms with van der Waals surface area (Å²) in [5, 5.41) is 0. The molecule has 0 aromatic heterocycles. The van der Waals surface area contributed by atoms with Gasteiger partial charge in [0, 0.05) is 25.1 Å². The van der Waals surface area contributed by atoms with E-state index in [9.17, 15) is 12.8 Å². The van der Waals surface area contributed by atoms with Crippen molar-refractivity contribution in [3.8, 4) is 17.2 Å². The minimum atomic E-state index is -3.64. The van der Waals surface area contributed by atoms with Gasteiger partial charge >= 0.3 is 0 Å². The number of benzene rings is 2. The highest BCUT2D eigenvalue weighted by Crippen LogP contribution is 2.35. The average molecular weight is 393 g/mol. The van der Waals surface area contributed by atoms with Crippen LogP contribution in [0.2, 0.25) is 0 Å². The Kier molecular flexibility index (Phi) is 4.92. The summed E-state index contributed by atoms with van der Waals surface area (Å²) >= 11 is 0. The Morgan fingerprint density at radius 3 is 2.81 bits per heavy atom. The van der Waals surface area contributed by atoms with Gasteiger partial charge in [-0.1, -0.05) is 12.1 Å². The lowest BCUT2D eigenvalue weighted by Crippen LogP contribution is -2.41. The summed E-state index contributed by atoms with van der Waals surface area (Å²) in [6.45, 7) is 1.16. The van der Waals surface area contributed by atoms with Crippen molar-refractivity contribution in [2.75, 3.05) is 26.5 Å². The molecular formula is C19H20FNO5S. The predicted molar refractivity (Wildman–Crippen MR) is 95.9 cm³/mol. The molecule has 2 aromatic rings. The number of sulfonamides is 1. The predicted octanol–water partition coefficient (Wildman–Crippen LogP) is 3.03. The van der Waals surface area contributed by atoms with Crippen molar-refractivity contribution in [1.29, 1.82) is 0 Å². The average Bonchev–Trinajstić information content (AvgIpc) is 3.15. The quantitative estimate of drug-likeness (QED) is 0.781. The van der Waals surface area contributed by atoms with Crippen molar-refractivity contribution in [3.05, 3.63) is 48.3 Å². The molecule has 144 valence electrons. The molecule has 1 fully saturated rings. The number of nitrogens with zero attached hydrogens (tertiary/aromatic N) is 1. The van der Waals surface area contributed by atoms with Gasteiger partial charge in [0.15, 0.2) is 23.1 Å². The van der Waals surface area contributed by atoms with E-state index in [4.69, 9.17) is 14.2 Å². The third-order valence-electron chi connectivity index (χ3n) is 4.77. The van der Waals surface area contributed by atoms with Gasteiger partial charge in [-0.25, -0.2) is 12.8 Å². The Morgan fingerprint density at radius 1 is 1.15 bits per heavy atom. The van der Waals surface area contributed by atoms with E-state index in [0.717, 1.165) is 12.8 Å². The second-order valence-corrected chi connectivity index (χ2v) is 8.57. The fourth-order valence-corrected chi connectivity index (χ4v) is 4.91. The first kappa shape index (κ1) is 18.1. The number of rotatable bonds is 5. The molecule has 1 saturated heterocycles. The molecule has 0 N–H and O–H groups in total. The first-order valence-corrected chi connectivity index (χ1v) is 10.3. The SMILES string of the molecule is O=S(=O)(c1ccc2c(c1)OCO2)N1CCCC(COc2ccccc2F)C1. The Bertz CT molecular complexity index is 933. The van der Waals surface area contributed by atoms with Gasteiger partial charge in [0.05, 0.1) is 11.5 Å². The van der Waals surface area contributed by atoms with Crippen LogP contribution in [0.15, 0.2) is 47.4 Å². The molecule has 0 saturated carbocycles. The normalized spacial score (nSPS) is 19.8. The maximum absolute atomic E-state index is 13.7. The van der Waals surface area contributed by atoms with Gasteiger partial charge in [0.1, 0.15) is 0 Å². The number of hydrogen-bond acceptors (Lipinski definition) is 5. The third-order valence-corrected chi connectivity index (χ3v) is 6.64. The first-order chi connectivity index (χ1) is 13.0. The highest BCUT2D eigenvalue weighted by Gasteiger charge is 2.31. The zero-order valence-electron chi connectivity index (χ0n) is 14.6. The van der Waals surface area contributed by atoms with Crippen LogP contribution in [0.1, 0.15) is 12.8 Å². The minimum Gasteiger partial charge on any atom is -0.490 e. The highest BCUT2D eigenvalue weighted by atomic mass is 32.2. The van der Waals surface area contributed by atoms with E-state index in [0.29, 0.717) is 24.6 Å². The molecule has 0 bridgehead atoms. The molecule has 0 aliphatic carbocycles. The minimum absolute atomic E-state index is 0.00198. The zero-order valence-corrected chi connectivity index (χ0v) is 15.5. The summed E-state index contributed by atoms with van der Waals surface area (Å²) in [6, 6.07) is 10.8. The first-order valence-electron chi connectivity index (χ1n) is 8.81. The summed E-state index contributed by atoms with van der Waals surface area (Å²) in [4.78, 5) is 0.183. The van der Waals surface area contributed by atoms with Crippen molar-refractivity contribution in [2.24, 2.45) is 5.92 Å². The van der Waals surface area contributed by atoms with E-state index in [1.165, 1.54) is 22.5 Å². The molecule has 1 unspecified atom stereocenters. The second-order valence-electron chi connectivity index (χ2n) is 6.63. The highest BCUT2D eigenvalue weighted by molar-refractivity contribution is 7.89. The lowest BCUT2D eigenvalue weighted by Gasteiger charge is -2.31. The van der Waals surface area contributed by atoms with Crippen LogP contribution in [-0.2, 0) is 10.0 Å². The maximum atomic E-state index is 13.7. The van der Waals surface area contributed by atoms with Gasteiger partial charge in [0.2, 0.25) is 16.8 Å². The fraction of sp³-hybridized carbons (Fsp3) is 0.368. The summed E-state index contributed by atoms with van der Waals surface area (Å²) in [7, 11) is -3.64. The Hall–Kier alpha value is -2.32. The smallest absolute Gasteiger partial charge is 0.243 e. The number of halogens is 1. The monoisotopic (exact) mass is 393 g/mol. The molecule has 6 nitrogen and oxygen atoms in total. The maximum Gasteiger partial charge on any atom is 0.243 e. The summed E-state index contributed by atoms with van der Waals surface area (Å²) < 4.78 is 57.2. The molecular weight excluding hydrogens is 373 g/mol. The standard InChI is InChI=1S/C19H20FNO5S/c20-16-5-1-2-6-17(16)24-12-14-4-3-9-21(11-14)27(22,23)15-7-8-18-19(10-15)26-13-25-18/h1-2,5-8,10,14H,3-4,9,11-13H2. The fourth-order valence-electron chi connectivity index (χ4n) is 3.34. The number of fused-ring (bicyclic) bond motifs is 1. The molecule has 0 radical (unpaired) electrons. The van der Waals surface area contributed by atoms with Crippen molar-refractivity contribution in [2.45, 2.75) is 17.7 Å². The van der Waals surface area contributed by atoms with Gasteiger partial charge in [-0.2, -0.15) is 4.31 Å². The number of ether oxygens (including phenoxy) is 3. The van der Waals surface area contributed by atoms with Crippen molar-refractivity contribution in [3.63, 3.8) is 0 Å². The molecule has 2 aliphatic rings. The van der Waals surface area contributed by atoms with E-state index in [1.54, 1.807) is 24.3 Å². The topological polar surface area (TPSA) is 65.1 Å². The van der Waals surface area contributed by atoms with Crippen molar-refractivity contribution >= 4 is 10.0 Å². The lowest BCUT2D eigenvalue weighted by molar-refractivity contribution is 0.173. The van der Waals surface area contributed by atoms with Crippen LogP contribution < -0.4 is 14.2 Å². The van der Waals surface area contributed by atoms with Crippen LogP contribution >= 0.6 is 0 Å². The molecule has 4 rings (SSSR count). The Morgan fingerprint density at radius 2 is 1.96 bits per heavy atom. The summed E-state index contributed by atoms with van der Waals surface area (Å²) in [5.41, 5.74) is 0. The van der Waals surface area contributed by atoms with E-state index in [-0.39, 0.29) is 30.0 Å². The van der Waals surface area contributed by atoms with Crippen LogP contribution in [0.3, 0.4) is 0 Å². The van der Waals surface area contributed by atoms with Crippen LogP contribution in [0, 0.1) is 11.7 Å². The Labute approximate surface area is 157 Å². The van der Waals surface area contributed by atoms with E-state index in [1.807, 2.05) is 0 Å². The van der Waals surface area contributed by atoms with Gasteiger partial charge in [-0.15, -0.1) is 0 Å². The van der Waals surface area contributed by atoms with Crippen LogP contribution in [-0.4, -0.2) is 39.2 Å². The summed E-state index contributed by atoms with van der Waals surface area (Å²) in [6.07, 6.45) is 1.57. The number of hydrogen-bond donors (Lipinski definition) is 0. The van der Waals surface area contributed by atoms with Gasteiger partial charge in [-0.05, 0) is 37.1 Å². The third kappa shape index (κ3) is 3.72.